The first-order valence-electron chi connectivity index (χ1n) is 7.27. The lowest BCUT2D eigenvalue weighted by molar-refractivity contribution is -0.117. The number of nitrogens with one attached hydrogen (secondary N) is 1. The first-order valence-corrected chi connectivity index (χ1v) is 7.65. The smallest absolute Gasteiger partial charge is 0.157 e. The van der Waals surface area contributed by atoms with Crippen molar-refractivity contribution < 1.29 is 9.21 Å². The summed E-state index contributed by atoms with van der Waals surface area (Å²) in [5.74, 6) is 0.902. The summed E-state index contributed by atoms with van der Waals surface area (Å²) in [6.45, 7) is 4.21. The van der Waals surface area contributed by atoms with E-state index in [-0.39, 0.29) is 11.2 Å². The Morgan fingerprint density at radius 3 is 2.73 bits per heavy atom. The molecule has 0 atom stereocenters. The predicted molar refractivity (Wildman–Crippen MR) is 88.9 cm³/mol. The molecule has 22 heavy (non-hydrogen) atoms. The quantitative estimate of drug-likeness (QED) is 0.837. The first kappa shape index (κ1) is 14.9. The summed E-state index contributed by atoms with van der Waals surface area (Å²) in [6.07, 6.45) is 4.75. The van der Waals surface area contributed by atoms with Crippen molar-refractivity contribution in [1.82, 2.24) is 0 Å². The Labute approximate surface area is 135 Å². The van der Waals surface area contributed by atoms with Gasteiger partial charge in [-0.1, -0.05) is 25.4 Å². The molecule has 0 bridgehead atoms. The third-order valence-electron chi connectivity index (χ3n) is 3.72. The van der Waals surface area contributed by atoms with Crippen LogP contribution in [-0.4, -0.2) is 5.78 Å². The van der Waals surface area contributed by atoms with E-state index < -0.39 is 0 Å². The van der Waals surface area contributed by atoms with Crippen LogP contribution in [-0.2, 0) is 4.79 Å². The monoisotopic (exact) mass is 315 g/mol. The Morgan fingerprint density at radius 1 is 1.23 bits per heavy atom. The Hall–Kier alpha value is -2.00. The van der Waals surface area contributed by atoms with Crippen molar-refractivity contribution in [3.05, 3.63) is 53.4 Å². The SMILES string of the molecule is CC1(C)CC(=O)C=C(Nc2ccc(Cl)cc2-c2ccco2)C1. The van der Waals surface area contributed by atoms with Crippen LogP contribution in [0.2, 0.25) is 5.02 Å². The second kappa shape index (κ2) is 5.65. The number of rotatable bonds is 3. The number of anilines is 1. The molecule has 0 fully saturated rings. The number of allylic oxidation sites excluding steroid dienone is 2. The van der Waals surface area contributed by atoms with Gasteiger partial charge in [-0.3, -0.25) is 4.79 Å². The maximum atomic E-state index is 11.9. The number of furan rings is 1. The van der Waals surface area contributed by atoms with Gasteiger partial charge in [-0.15, -0.1) is 0 Å². The summed E-state index contributed by atoms with van der Waals surface area (Å²) >= 11 is 6.11. The third kappa shape index (κ3) is 3.25. The number of hydrogen-bond acceptors (Lipinski definition) is 3. The maximum Gasteiger partial charge on any atom is 0.157 e. The van der Waals surface area contributed by atoms with E-state index in [1.807, 2.05) is 30.3 Å². The van der Waals surface area contributed by atoms with Crippen LogP contribution in [0.15, 0.2) is 52.8 Å². The molecule has 0 amide bonds. The molecule has 0 aliphatic heterocycles. The molecule has 2 aromatic rings. The Morgan fingerprint density at radius 2 is 2.05 bits per heavy atom. The third-order valence-corrected chi connectivity index (χ3v) is 3.96. The lowest BCUT2D eigenvalue weighted by Gasteiger charge is -2.29. The van der Waals surface area contributed by atoms with E-state index in [4.69, 9.17) is 16.0 Å². The van der Waals surface area contributed by atoms with Crippen molar-refractivity contribution in [3.63, 3.8) is 0 Å². The second-order valence-electron chi connectivity index (χ2n) is 6.45. The molecule has 0 saturated carbocycles. The molecule has 0 unspecified atom stereocenters. The summed E-state index contributed by atoms with van der Waals surface area (Å²) in [5.41, 5.74) is 2.67. The van der Waals surface area contributed by atoms with Gasteiger partial charge >= 0.3 is 0 Å². The lowest BCUT2D eigenvalue weighted by atomic mass is 9.79. The van der Waals surface area contributed by atoms with Gasteiger partial charge in [0.2, 0.25) is 0 Å². The van der Waals surface area contributed by atoms with Crippen LogP contribution in [0.25, 0.3) is 11.3 Å². The van der Waals surface area contributed by atoms with E-state index in [0.717, 1.165) is 29.1 Å². The maximum absolute atomic E-state index is 11.9. The summed E-state index contributed by atoms with van der Waals surface area (Å²) in [5, 5.41) is 4.02. The van der Waals surface area contributed by atoms with Crippen LogP contribution in [0.5, 0.6) is 0 Å². The number of hydrogen-bond donors (Lipinski definition) is 1. The number of benzene rings is 1. The molecule has 1 N–H and O–H groups in total. The van der Waals surface area contributed by atoms with Gasteiger partial charge in [0, 0.05) is 34.5 Å². The van der Waals surface area contributed by atoms with Crippen LogP contribution in [0, 0.1) is 5.41 Å². The highest BCUT2D eigenvalue weighted by Crippen LogP contribution is 2.37. The van der Waals surface area contributed by atoms with Gasteiger partial charge in [-0.05, 0) is 42.2 Å². The minimum absolute atomic E-state index is 0.0224. The first-order chi connectivity index (χ1) is 10.4. The van der Waals surface area contributed by atoms with E-state index in [1.165, 1.54) is 0 Å². The average Bonchev–Trinajstić information content (AvgIpc) is 2.92. The van der Waals surface area contributed by atoms with Crippen molar-refractivity contribution >= 4 is 23.1 Å². The van der Waals surface area contributed by atoms with Gasteiger partial charge in [0.1, 0.15) is 5.76 Å². The van der Waals surface area contributed by atoms with E-state index in [1.54, 1.807) is 12.3 Å². The Bertz CT molecular complexity index is 730. The molecule has 1 heterocycles. The van der Waals surface area contributed by atoms with Crippen LogP contribution in [0.1, 0.15) is 26.7 Å². The topological polar surface area (TPSA) is 42.2 Å². The van der Waals surface area contributed by atoms with Gasteiger partial charge in [-0.2, -0.15) is 0 Å². The molecule has 114 valence electrons. The summed E-state index contributed by atoms with van der Waals surface area (Å²) < 4.78 is 5.48. The molecule has 1 aliphatic carbocycles. The molecule has 4 heteroatoms. The highest BCUT2D eigenvalue weighted by Gasteiger charge is 2.27. The van der Waals surface area contributed by atoms with Gasteiger partial charge < -0.3 is 9.73 Å². The van der Waals surface area contributed by atoms with Crippen molar-refractivity contribution in [1.29, 1.82) is 0 Å². The predicted octanol–water partition coefficient (Wildman–Crippen LogP) is 5.28. The second-order valence-corrected chi connectivity index (χ2v) is 6.88. The minimum atomic E-state index is -0.0224. The van der Waals surface area contributed by atoms with Gasteiger partial charge in [0.15, 0.2) is 5.78 Å². The highest BCUT2D eigenvalue weighted by atomic mass is 35.5. The van der Waals surface area contributed by atoms with Crippen molar-refractivity contribution in [2.45, 2.75) is 26.7 Å². The lowest BCUT2D eigenvalue weighted by Crippen LogP contribution is -2.24. The summed E-state index contributed by atoms with van der Waals surface area (Å²) in [4.78, 5) is 11.9. The fourth-order valence-corrected chi connectivity index (χ4v) is 3.03. The number of ketones is 1. The standard InChI is InChI=1S/C18H18ClNO2/c1-18(2)10-13(9-14(21)11-18)20-16-6-5-12(19)8-15(16)17-4-3-7-22-17/h3-9,20H,10-11H2,1-2H3. The molecule has 1 aliphatic rings. The molecule has 0 saturated heterocycles. The Kier molecular flexibility index (Phi) is 3.83. The zero-order chi connectivity index (χ0) is 15.7. The van der Waals surface area contributed by atoms with Crippen molar-refractivity contribution in [2.24, 2.45) is 5.41 Å². The number of carbonyl (C=O) groups excluding carboxylic acids is 1. The van der Waals surface area contributed by atoms with Crippen molar-refractivity contribution in [2.75, 3.05) is 5.32 Å². The molecule has 1 aromatic heterocycles. The average molecular weight is 316 g/mol. The summed E-state index contributed by atoms with van der Waals surface area (Å²) in [6, 6.07) is 9.33. The minimum Gasteiger partial charge on any atom is -0.464 e. The van der Waals surface area contributed by atoms with E-state index in [2.05, 4.69) is 19.2 Å². The van der Waals surface area contributed by atoms with Crippen molar-refractivity contribution in [3.8, 4) is 11.3 Å². The zero-order valence-corrected chi connectivity index (χ0v) is 13.4. The van der Waals surface area contributed by atoms with Crippen LogP contribution < -0.4 is 5.32 Å². The Balaban J connectivity index is 1.95. The summed E-state index contributed by atoms with van der Waals surface area (Å²) in [7, 11) is 0. The van der Waals surface area contributed by atoms with Gasteiger partial charge in [0.05, 0.1) is 6.26 Å². The molecular formula is C18H18ClNO2. The fraction of sp³-hybridized carbons (Fsp3) is 0.278. The largest absolute Gasteiger partial charge is 0.464 e. The van der Waals surface area contributed by atoms with Crippen LogP contribution in [0.4, 0.5) is 5.69 Å². The van der Waals surface area contributed by atoms with Crippen LogP contribution >= 0.6 is 11.6 Å². The number of carbonyl (C=O) groups is 1. The van der Waals surface area contributed by atoms with E-state index in [9.17, 15) is 4.79 Å². The molecule has 0 spiro atoms. The number of halogens is 1. The fourth-order valence-electron chi connectivity index (χ4n) is 2.86. The van der Waals surface area contributed by atoms with E-state index >= 15 is 0 Å². The van der Waals surface area contributed by atoms with Gasteiger partial charge in [-0.25, -0.2) is 0 Å². The zero-order valence-electron chi connectivity index (χ0n) is 12.7. The molecular weight excluding hydrogens is 298 g/mol. The molecule has 3 nitrogen and oxygen atoms in total. The van der Waals surface area contributed by atoms with E-state index in [0.29, 0.717) is 11.4 Å². The molecule has 1 aromatic carbocycles. The van der Waals surface area contributed by atoms with Gasteiger partial charge in [0.25, 0.3) is 0 Å². The van der Waals surface area contributed by atoms with Crippen LogP contribution in [0.3, 0.4) is 0 Å². The molecule has 3 rings (SSSR count). The highest BCUT2D eigenvalue weighted by molar-refractivity contribution is 6.31. The molecule has 0 radical (unpaired) electrons. The normalized spacial score (nSPS) is 17.2.